The van der Waals surface area contributed by atoms with Crippen LogP contribution in [0.4, 0.5) is 0 Å². The molecule has 0 aromatic heterocycles. The van der Waals surface area contributed by atoms with Gasteiger partial charge in [0.25, 0.3) is 0 Å². The van der Waals surface area contributed by atoms with Crippen LogP contribution in [0.2, 0.25) is 0 Å². The molecule has 0 bridgehead atoms. The van der Waals surface area contributed by atoms with Gasteiger partial charge in [-0.3, -0.25) is 4.79 Å². The number of hydrogen-bond acceptors (Lipinski definition) is 6. The molecule has 23 heavy (non-hydrogen) atoms. The number of allylic oxidation sites excluding steroid dienone is 3. The first-order valence-corrected chi connectivity index (χ1v) is 7.10. The summed E-state index contributed by atoms with van der Waals surface area (Å²) in [6.07, 6.45) is 4.26. The highest BCUT2D eigenvalue weighted by molar-refractivity contribution is 6.49. The molecule has 0 amide bonds. The Bertz CT molecular complexity index is 773. The zero-order valence-electron chi connectivity index (χ0n) is 12.8. The number of oxime groups is 1. The van der Waals surface area contributed by atoms with E-state index in [1.165, 1.54) is 6.92 Å². The fourth-order valence-electron chi connectivity index (χ4n) is 2.49. The van der Waals surface area contributed by atoms with Crippen molar-refractivity contribution in [2.24, 2.45) is 5.16 Å². The van der Waals surface area contributed by atoms with Gasteiger partial charge in [-0.1, -0.05) is 17.3 Å². The van der Waals surface area contributed by atoms with Gasteiger partial charge in [-0.05, 0) is 30.2 Å². The summed E-state index contributed by atoms with van der Waals surface area (Å²) in [7, 11) is 1.61. The lowest BCUT2D eigenvalue weighted by atomic mass is 9.98. The molecule has 3 rings (SSSR count). The van der Waals surface area contributed by atoms with Gasteiger partial charge < -0.3 is 14.3 Å². The first kappa shape index (κ1) is 15.0. The molecule has 1 aliphatic heterocycles. The zero-order chi connectivity index (χ0) is 16.4. The van der Waals surface area contributed by atoms with E-state index in [2.05, 4.69) is 9.99 Å². The van der Waals surface area contributed by atoms with E-state index in [-0.39, 0.29) is 18.1 Å². The molecule has 1 heterocycles. The maximum Gasteiger partial charge on any atom is 0.331 e. The van der Waals surface area contributed by atoms with Crippen LogP contribution in [-0.4, -0.2) is 31.2 Å². The molecule has 0 spiro atoms. The minimum Gasteiger partial charge on any atom is -0.497 e. The first-order chi connectivity index (χ1) is 11.1. The molecule has 0 unspecified atom stereocenters. The molecule has 0 atom stereocenters. The van der Waals surface area contributed by atoms with Crippen LogP contribution < -0.4 is 4.74 Å². The highest BCUT2D eigenvalue weighted by Gasteiger charge is 2.30. The fraction of sp³-hybridized carbons (Fsp3) is 0.235. The van der Waals surface area contributed by atoms with Gasteiger partial charge in [0.15, 0.2) is 5.71 Å². The number of rotatable bonds is 2. The molecule has 1 aromatic rings. The van der Waals surface area contributed by atoms with Crippen molar-refractivity contribution < 1.29 is 23.9 Å². The van der Waals surface area contributed by atoms with Gasteiger partial charge in [0.2, 0.25) is 5.78 Å². The number of benzene rings is 1. The van der Waals surface area contributed by atoms with Crippen molar-refractivity contribution in [1.82, 2.24) is 0 Å². The van der Waals surface area contributed by atoms with E-state index in [9.17, 15) is 9.59 Å². The molecule has 6 nitrogen and oxygen atoms in total. The molecule has 0 N–H and O–H groups in total. The maximum absolute atomic E-state index is 12.5. The van der Waals surface area contributed by atoms with Crippen LogP contribution in [0, 0.1) is 0 Å². The van der Waals surface area contributed by atoms with Crippen molar-refractivity contribution in [3.63, 3.8) is 0 Å². The summed E-state index contributed by atoms with van der Waals surface area (Å²) in [4.78, 5) is 27.9. The van der Waals surface area contributed by atoms with Crippen LogP contribution in [-0.2, 0) is 25.6 Å². The summed E-state index contributed by atoms with van der Waals surface area (Å²) in [6, 6.07) is 5.62. The van der Waals surface area contributed by atoms with Gasteiger partial charge in [0, 0.05) is 12.5 Å². The summed E-state index contributed by atoms with van der Waals surface area (Å²) in [5.74, 6) is 0.384. The van der Waals surface area contributed by atoms with E-state index in [1.807, 2.05) is 24.3 Å². The molecule has 2 aliphatic rings. The second-order valence-electron chi connectivity index (χ2n) is 5.11. The fourth-order valence-corrected chi connectivity index (χ4v) is 2.49. The van der Waals surface area contributed by atoms with Crippen LogP contribution in [0.5, 0.6) is 5.75 Å². The van der Waals surface area contributed by atoms with Crippen molar-refractivity contribution in [2.75, 3.05) is 13.7 Å². The molecule has 1 aromatic carbocycles. The van der Waals surface area contributed by atoms with Crippen LogP contribution in [0.25, 0.3) is 5.76 Å². The summed E-state index contributed by atoms with van der Waals surface area (Å²) < 4.78 is 11.0. The number of ether oxygens (including phenoxy) is 2. The topological polar surface area (TPSA) is 74.2 Å². The molecular weight excluding hydrogens is 298 g/mol. The molecule has 0 fully saturated rings. The Morgan fingerprint density at radius 3 is 2.91 bits per heavy atom. The minimum atomic E-state index is -0.584. The average Bonchev–Trinajstić information content (AvgIpc) is 2.73. The quantitative estimate of drug-likeness (QED) is 0.617. The van der Waals surface area contributed by atoms with E-state index in [0.717, 1.165) is 16.9 Å². The van der Waals surface area contributed by atoms with E-state index >= 15 is 0 Å². The summed E-state index contributed by atoms with van der Waals surface area (Å²) in [6.45, 7) is 1.18. The Morgan fingerprint density at radius 2 is 2.17 bits per heavy atom. The predicted molar refractivity (Wildman–Crippen MR) is 82.9 cm³/mol. The number of methoxy groups -OCH3 is 1. The van der Waals surface area contributed by atoms with Crippen molar-refractivity contribution in [2.45, 2.75) is 13.3 Å². The van der Waals surface area contributed by atoms with Gasteiger partial charge in [-0.2, -0.15) is 0 Å². The number of ketones is 1. The summed E-state index contributed by atoms with van der Waals surface area (Å²) >= 11 is 0. The van der Waals surface area contributed by atoms with Crippen LogP contribution in [0.1, 0.15) is 18.1 Å². The number of carbonyl (C=O) groups is 2. The largest absolute Gasteiger partial charge is 0.497 e. The smallest absolute Gasteiger partial charge is 0.331 e. The number of fused-ring (bicyclic) bond motifs is 2. The second-order valence-corrected chi connectivity index (χ2v) is 5.11. The number of nitrogens with zero attached hydrogens (tertiary/aromatic N) is 1. The highest BCUT2D eigenvalue weighted by Crippen LogP contribution is 2.33. The van der Waals surface area contributed by atoms with Gasteiger partial charge in [-0.15, -0.1) is 0 Å². The molecule has 118 valence electrons. The number of hydrogen-bond donors (Lipinski definition) is 0. The van der Waals surface area contributed by atoms with Crippen molar-refractivity contribution in [3.05, 3.63) is 47.1 Å². The molecule has 0 radical (unpaired) electrons. The molecule has 6 heteroatoms. The SMILES string of the molecule is COc1ccc2c(c1)CC=CC1=C2OC/C(=N\OC(C)=O)C1=O. The van der Waals surface area contributed by atoms with Gasteiger partial charge in [0.1, 0.15) is 18.1 Å². The van der Waals surface area contributed by atoms with Crippen molar-refractivity contribution in [1.29, 1.82) is 0 Å². The third-order valence-electron chi connectivity index (χ3n) is 3.57. The molecular formula is C17H15NO5. The Hall–Kier alpha value is -2.89. The van der Waals surface area contributed by atoms with Crippen LogP contribution in [0.15, 0.2) is 41.1 Å². The molecule has 1 aliphatic carbocycles. The minimum absolute atomic E-state index is 0.0374. The number of Topliss-reactive ketones (excluding diaryl/α,β-unsaturated/α-hetero) is 1. The van der Waals surface area contributed by atoms with E-state index in [0.29, 0.717) is 17.8 Å². The first-order valence-electron chi connectivity index (χ1n) is 7.10. The van der Waals surface area contributed by atoms with Gasteiger partial charge in [-0.25, -0.2) is 4.79 Å². The Balaban J connectivity index is 2.02. The third-order valence-corrected chi connectivity index (χ3v) is 3.57. The van der Waals surface area contributed by atoms with Gasteiger partial charge >= 0.3 is 5.97 Å². The second kappa shape index (κ2) is 6.08. The molecule has 0 saturated heterocycles. The van der Waals surface area contributed by atoms with E-state index in [1.54, 1.807) is 13.2 Å². The lowest BCUT2D eigenvalue weighted by molar-refractivity contribution is -0.141. The van der Waals surface area contributed by atoms with Crippen LogP contribution in [0.3, 0.4) is 0 Å². The Labute approximate surface area is 133 Å². The maximum atomic E-state index is 12.5. The average molecular weight is 313 g/mol. The third kappa shape index (κ3) is 2.88. The predicted octanol–water partition coefficient (Wildman–Crippen LogP) is 2.04. The summed E-state index contributed by atoms with van der Waals surface area (Å²) in [5, 5.41) is 3.57. The van der Waals surface area contributed by atoms with E-state index in [4.69, 9.17) is 9.47 Å². The normalized spacial score (nSPS) is 18.0. The van der Waals surface area contributed by atoms with Crippen molar-refractivity contribution in [3.8, 4) is 5.75 Å². The molecule has 0 saturated carbocycles. The lowest BCUT2D eigenvalue weighted by Gasteiger charge is -2.20. The standard InChI is InChI=1S/C17H15NO5/c1-10(19)23-18-15-9-22-17-13-7-6-12(21-2)8-11(13)4-3-5-14(17)16(15)20/h3,5-8H,4,9H2,1-2H3/b18-15+. The Kier molecular flexibility index (Phi) is 3.97. The monoisotopic (exact) mass is 313 g/mol. The van der Waals surface area contributed by atoms with Crippen molar-refractivity contribution >= 4 is 23.2 Å². The van der Waals surface area contributed by atoms with Crippen LogP contribution >= 0.6 is 0 Å². The Morgan fingerprint density at radius 1 is 1.35 bits per heavy atom. The lowest BCUT2D eigenvalue weighted by Crippen LogP contribution is -2.28. The highest BCUT2D eigenvalue weighted by atomic mass is 16.7. The zero-order valence-corrected chi connectivity index (χ0v) is 12.8. The van der Waals surface area contributed by atoms with Gasteiger partial charge in [0.05, 0.1) is 12.7 Å². The number of carbonyl (C=O) groups excluding carboxylic acids is 2. The summed E-state index contributed by atoms with van der Waals surface area (Å²) in [5.41, 5.74) is 2.34. The van der Waals surface area contributed by atoms with E-state index < -0.39 is 5.97 Å².